The van der Waals surface area contributed by atoms with Crippen LogP contribution in [-0.4, -0.2) is 6.21 Å². The van der Waals surface area contributed by atoms with Crippen LogP contribution >= 0.6 is 0 Å². The van der Waals surface area contributed by atoms with Gasteiger partial charge in [0, 0.05) is 0 Å². The van der Waals surface area contributed by atoms with Gasteiger partial charge >= 0.3 is 6.18 Å². The molecule has 0 amide bonds. The van der Waals surface area contributed by atoms with Crippen LogP contribution in [0, 0.1) is 0 Å². The van der Waals surface area contributed by atoms with Gasteiger partial charge in [0.15, 0.2) is 0 Å². The van der Waals surface area contributed by atoms with Crippen molar-refractivity contribution in [2.75, 3.05) is 5.43 Å². The monoisotopic (exact) mass is 370 g/mol. The highest BCUT2D eigenvalue weighted by atomic mass is 19.4. The van der Waals surface area contributed by atoms with Crippen LogP contribution in [0.3, 0.4) is 0 Å². The van der Waals surface area contributed by atoms with Gasteiger partial charge in [0.2, 0.25) is 0 Å². The molecule has 0 aromatic heterocycles. The minimum atomic E-state index is -4.34. The maximum atomic E-state index is 12.5. The molecule has 138 valence electrons. The number of benzene rings is 3. The standard InChI is InChI=1S/C21H17F3N2O/c22-21(23,24)18-8-10-19(11-9-18)26-25-14-16-6-12-20(13-7-16)27-15-17-4-2-1-3-5-17/h1-14,26H,15H2. The van der Waals surface area contributed by atoms with Crippen LogP contribution in [0.1, 0.15) is 16.7 Å². The van der Waals surface area contributed by atoms with Gasteiger partial charge in [-0.3, -0.25) is 5.43 Å². The molecule has 0 aliphatic carbocycles. The SMILES string of the molecule is FC(F)(F)c1ccc(NN=Cc2ccc(OCc3ccccc3)cc2)cc1. The van der Waals surface area contributed by atoms with Crippen molar-refractivity contribution in [3.63, 3.8) is 0 Å². The number of nitrogens with one attached hydrogen (secondary N) is 1. The normalized spacial score (nSPS) is 11.5. The molecule has 0 radical (unpaired) electrons. The average molecular weight is 370 g/mol. The van der Waals surface area contributed by atoms with Crippen molar-refractivity contribution < 1.29 is 17.9 Å². The van der Waals surface area contributed by atoms with Crippen LogP contribution in [-0.2, 0) is 12.8 Å². The minimum Gasteiger partial charge on any atom is -0.489 e. The van der Waals surface area contributed by atoms with E-state index in [1.54, 1.807) is 6.21 Å². The van der Waals surface area contributed by atoms with Gasteiger partial charge in [-0.05, 0) is 59.7 Å². The van der Waals surface area contributed by atoms with Crippen molar-refractivity contribution in [3.05, 3.63) is 95.6 Å². The van der Waals surface area contributed by atoms with Gasteiger partial charge in [-0.1, -0.05) is 30.3 Å². The van der Waals surface area contributed by atoms with Crippen molar-refractivity contribution in [1.29, 1.82) is 0 Å². The summed E-state index contributed by atoms with van der Waals surface area (Å²) in [7, 11) is 0. The van der Waals surface area contributed by atoms with Crippen LogP contribution in [0.15, 0.2) is 84.0 Å². The Balaban J connectivity index is 1.52. The topological polar surface area (TPSA) is 33.6 Å². The summed E-state index contributed by atoms with van der Waals surface area (Å²) in [5, 5.41) is 4.03. The van der Waals surface area contributed by atoms with E-state index in [0.717, 1.165) is 29.0 Å². The fraction of sp³-hybridized carbons (Fsp3) is 0.0952. The second-order valence-electron chi connectivity index (χ2n) is 5.79. The van der Waals surface area contributed by atoms with Gasteiger partial charge in [-0.25, -0.2) is 0 Å². The van der Waals surface area contributed by atoms with Gasteiger partial charge in [-0.15, -0.1) is 0 Å². The van der Waals surface area contributed by atoms with Gasteiger partial charge in [0.1, 0.15) is 12.4 Å². The minimum absolute atomic E-state index is 0.474. The van der Waals surface area contributed by atoms with E-state index in [1.165, 1.54) is 12.1 Å². The number of nitrogens with zero attached hydrogens (tertiary/aromatic N) is 1. The summed E-state index contributed by atoms with van der Waals surface area (Å²) < 4.78 is 43.3. The van der Waals surface area contributed by atoms with Crippen molar-refractivity contribution in [1.82, 2.24) is 0 Å². The molecule has 3 aromatic carbocycles. The summed E-state index contributed by atoms with van der Waals surface area (Å²) in [4.78, 5) is 0. The largest absolute Gasteiger partial charge is 0.489 e. The molecular formula is C21H17F3N2O. The number of halogens is 3. The van der Waals surface area contributed by atoms with Crippen LogP contribution < -0.4 is 10.2 Å². The Bertz CT molecular complexity index is 874. The van der Waals surface area contributed by atoms with E-state index in [9.17, 15) is 13.2 Å². The zero-order chi connectivity index (χ0) is 19.1. The number of hydrazone groups is 1. The lowest BCUT2D eigenvalue weighted by Gasteiger charge is -2.07. The van der Waals surface area contributed by atoms with E-state index < -0.39 is 11.7 Å². The summed E-state index contributed by atoms with van der Waals surface area (Å²) in [6.45, 7) is 0.490. The van der Waals surface area contributed by atoms with E-state index >= 15 is 0 Å². The maximum Gasteiger partial charge on any atom is 0.416 e. The Morgan fingerprint density at radius 2 is 1.52 bits per heavy atom. The summed E-state index contributed by atoms with van der Waals surface area (Å²) in [5.41, 5.74) is 4.41. The van der Waals surface area contributed by atoms with Gasteiger partial charge in [0.05, 0.1) is 17.5 Å². The Hall–Kier alpha value is -3.28. The van der Waals surface area contributed by atoms with Crippen LogP contribution in [0.4, 0.5) is 18.9 Å². The number of ether oxygens (including phenoxy) is 1. The van der Waals surface area contributed by atoms with Gasteiger partial charge < -0.3 is 4.74 Å². The highest BCUT2D eigenvalue weighted by Gasteiger charge is 2.29. The lowest BCUT2D eigenvalue weighted by molar-refractivity contribution is -0.137. The molecular weight excluding hydrogens is 353 g/mol. The van der Waals surface area contributed by atoms with Crippen molar-refractivity contribution >= 4 is 11.9 Å². The van der Waals surface area contributed by atoms with E-state index in [0.29, 0.717) is 12.3 Å². The second kappa shape index (κ2) is 8.40. The molecule has 1 N–H and O–H groups in total. The Kier molecular flexibility index (Phi) is 5.76. The van der Waals surface area contributed by atoms with Gasteiger partial charge in [-0.2, -0.15) is 18.3 Å². The number of rotatable bonds is 6. The average Bonchev–Trinajstić information content (AvgIpc) is 2.68. The van der Waals surface area contributed by atoms with Crippen LogP contribution in [0.5, 0.6) is 5.75 Å². The Labute approximate surface area is 155 Å². The number of alkyl halides is 3. The smallest absolute Gasteiger partial charge is 0.416 e. The molecule has 0 unspecified atom stereocenters. The Morgan fingerprint density at radius 1 is 0.852 bits per heavy atom. The quantitative estimate of drug-likeness (QED) is 0.444. The number of hydrogen-bond donors (Lipinski definition) is 1. The summed E-state index contributed by atoms with van der Waals surface area (Å²) in [6, 6.07) is 21.9. The van der Waals surface area contributed by atoms with E-state index in [1.807, 2.05) is 54.6 Å². The first-order valence-corrected chi connectivity index (χ1v) is 8.24. The lowest BCUT2D eigenvalue weighted by Crippen LogP contribution is -2.04. The van der Waals surface area contributed by atoms with E-state index in [4.69, 9.17) is 4.74 Å². The zero-order valence-electron chi connectivity index (χ0n) is 14.3. The van der Waals surface area contributed by atoms with Gasteiger partial charge in [0.25, 0.3) is 0 Å². The van der Waals surface area contributed by atoms with E-state index in [2.05, 4.69) is 10.5 Å². The van der Waals surface area contributed by atoms with Crippen molar-refractivity contribution in [3.8, 4) is 5.75 Å². The van der Waals surface area contributed by atoms with E-state index in [-0.39, 0.29) is 0 Å². The second-order valence-corrected chi connectivity index (χ2v) is 5.79. The molecule has 0 saturated carbocycles. The lowest BCUT2D eigenvalue weighted by atomic mass is 10.2. The molecule has 3 rings (SSSR count). The molecule has 0 atom stereocenters. The first kappa shape index (κ1) is 18.5. The third-order valence-electron chi connectivity index (χ3n) is 3.75. The van der Waals surface area contributed by atoms with Crippen molar-refractivity contribution in [2.24, 2.45) is 5.10 Å². The zero-order valence-corrected chi connectivity index (χ0v) is 14.3. The molecule has 0 aliphatic heterocycles. The van der Waals surface area contributed by atoms with Crippen LogP contribution in [0.2, 0.25) is 0 Å². The van der Waals surface area contributed by atoms with Crippen molar-refractivity contribution in [2.45, 2.75) is 12.8 Å². The number of hydrogen-bond acceptors (Lipinski definition) is 3. The highest BCUT2D eigenvalue weighted by molar-refractivity contribution is 5.80. The van der Waals surface area contributed by atoms with Crippen LogP contribution in [0.25, 0.3) is 0 Å². The molecule has 27 heavy (non-hydrogen) atoms. The summed E-state index contributed by atoms with van der Waals surface area (Å²) in [5.74, 6) is 0.742. The Morgan fingerprint density at radius 3 is 2.15 bits per heavy atom. The molecule has 0 aliphatic rings. The molecule has 0 spiro atoms. The predicted octanol–water partition coefficient (Wildman–Crippen LogP) is 5.73. The molecule has 3 aromatic rings. The molecule has 6 heteroatoms. The number of anilines is 1. The first-order valence-electron chi connectivity index (χ1n) is 8.24. The molecule has 0 bridgehead atoms. The fourth-order valence-electron chi connectivity index (χ4n) is 2.31. The summed E-state index contributed by atoms with van der Waals surface area (Å²) >= 11 is 0. The molecule has 0 heterocycles. The third-order valence-corrected chi connectivity index (χ3v) is 3.75. The predicted molar refractivity (Wildman–Crippen MR) is 99.9 cm³/mol. The molecule has 0 saturated heterocycles. The molecule has 0 fully saturated rings. The molecule has 3 nitrogen and oxygen atoms in total. The first-order chi connectivity index (χ1) is 13.0. The summed E-state index contributed by atoms with van der Waals surface area (Å²) in [6.07, 6.45) is -2.76. The third kappa shape index (κ3) is 5.60. The fourth-order valence-corrected chi connectivity index (χ4v) is 2.31. The highest BCUT2D eigenvalue weighted by Crippen LogP contribution is 2.29. The maximum absolute atomic E-state index is 12.5.